The molecule has 1 aliphatic heterocycles. The van der Waals surface area contributed by atoms with Crippen LogP contribution in [0.3, 0.4) is 0 Å². The highest BCUT2D eigenvalue weighted by Crippen LogP contribution is 2.31. The van der Waals surface area contributed by atoms with Crippen LogP contribution < -0.4 is 9.80 Å². The number of nitrogens with zero attached hydrogens (tertiary/aromatic N) is 5. The van der Waals surface area contributed by atoms with E-state index in [4.69, 9.17) is 0 Å². The number of hydrogen-bond acceptors (Lipinski definition) is 5. The van der Waals surface area contributed by atoms with E-state index in [1.54, 1.807) is 16.8 Å². The summed E-state index contributed by atoms with van der Waals surface area (Å²) in [5.74, 6) is -0.539. The fourth-order valence-corrected chi connectivity index (χ4v) is 3.03. The van der Waals surface area contributed by atoms with E-state index in [0.29, 0.717) is 19.5 Å². The fraction of sp³-hybridized carbons (Fsp3) is 0.353. The molecule has 1 atom stereocenters. The van der Waals surface area contributed by atoms with Crippen LogP contribution in [-0.2, 0) is 6.18 Å². The zero-order chi connectivity index (χ0) is 18.9. The van der Waals surface area contributed by atoms with Crippen LogP contribution in [-0.4, -0.2) is 36.1 Å². The number of anilines is 2. The van der Waals surface area contributed by atoms with Crippen LogP contribution in [0.15, 0.2) is 30.5 Å². The molecule has 0 radical (unpaired) electrons. The first kappa shape index (κ1) is 17.9. The largest absolute Gasteiger partial charge is 0.433 e. The molecule has 1 fully saturated rings. The molecule has 0 spiro atoms. The molecule has 26 heavy (non-hydrogen) atoms. The highest BCUT2D eigenvalue weighted by atomic mass is 19.4. The van der Waals surface area contributed by atoms with Crippen molar-refractivity contribution in [3.8, 4) is 6.07 Å². The summed E-state index contributed by atoms with van der Waals surface area (Å²) in [6, 6.07) is 6.86. The van der Waals surface area contributed by atoms with Gasteiger partial charge in [-0.05, 0) is 24.6 Å². The predicted molar refractivity (Wildman–Crippen MR) is 87.2 cm³/mol. The number of aromatic nitrogens is 2. The summed E-state index contributed by atoms with van der Waals surface area (Å²) < 4.78 is 52.7. The maximum Gasteiger partial charge on any atom is 0.433 e. The Balaban J connectivity index is 1.81. The standard InChI is InChI=1S/C17H15F4N5/c1-25(16-23-7-5-14(24-16)17(19,20)21)12-6-8-26(10-12)15-11(9-22)3-2-4-13(15)18/h2-5,7,12H,6,8,10H2,1H3. The van der Waals surface area contributed by atoms with E-state index < -0.39 is 17.7 Å². The molecule has 0 saturated carbocycles. The topological polar surface area (TPSA) is 56.1 Å². The van der Waals surface area contributed by atoms with Crippen LogP contribution in [0, 0.1) is 17.1 Å². The number of rotatable bonds is 3. The third-order valence-electron chi connectivity index (χ3n) is 4.38. The zero-order valence-electron chi connectivity index (χ0n) is 13.8. The Morgan fingerprint density at radius 1 is 1.31 bits per heavy atom. The number of nitriles is 1. The highest BCUT2D eigenvalue weighted by Gasteiger charge is 2.34. The van der Waals surface area contributed by atoms with Crippen LogP contribution in [0.4, 0.5) is 29.2 Å². The van der Waals surface area contributed by atoms with Crippen molar-refractivity contribution in [3.05, 3.63) is 47.5 Å². The second-order valence-electron chi connectivity index (χ2n) is 5.99. The van der Waals surface area contributed by atoms with E-state index in [-0.39, 0.29) is 23.2 Å². The molecule has 9 heteroatoms. The Morgan fingerprint density at radius 3 is 2.77 bits per heavy atom. The van der Waals surface area contributed by atoms with Crippen molar-refractivity contribution in [2.75, 3.05) is 29.9 Å². The van der Waals surface area contributed by atoms with Crippen molar-refractivity contribution < 1.29 is 17.6 Å². The first-order valence-electron chi connectivity index (χ1n) is 7.88. The Morgan fingerprint density at radius 2 is 2.08 bits per heavy atom. The van der Waals surface area contributed by atoms with Gasteiger partial charge in [0.25, 0.3) is 0 Å². The normalized spacial score (nSPS) is 17.2. The Labute approximate surface area is 147 Å². The summed E-state index contributed by atoms with van der Waals surface area (Å²) in [7, 11) is 1.61. The van der Waals surface area contributed by atoms with Gasteiger partial charge in [0.2, 0.25) is 5.95 Å². The van der Waals surface area contributed by atoms with E-state index in [9.17, 15) is 22.8 Å². The average molecular weight is 365 g/mol. The molecular formula is C17H15F4N5. The second-order valence-corrected chi connectivity index (χ2v) is 5.99. The summed E-state index contributed by atoms with van der Waals surface area (Å²) in [5, 5.41) is 9.18. The molecule has 0 aliphatic carbocycles. The lowest BCUT2D eigenvalue weighted by molar-refractivity contribution is -0.141. The van der Waals surface area contributed by atoms with Crippen molar-refractivity contribution in [2.24, 2.45) is 0 Å². The Bertz CT molecular complexity index is 846. The lowest BCUT2D eigenvalue weighted by Crippen LogP contribution is -2.36. The first-order valence-corrected chi connectivity index (χ1v) is 7.88. The van der Waals surface area contributed by atoms with Crippen molar-refractivity contribution in [1.82, 2.24) is 9.97 Å². The molecule has 1 saturated heterocycles. The number of halogens is 4. The molecule has 0 bridgehead atoms. The quantitative estimate of drug-likeness (QED) is 0.782. The summed E-state index contributed by atoms with van der Waals surface area (Å²) in [6.45, 7) is 0.829. The molecule has 1 aromatic heterocycles. The molecule has 0 N–H and O–H groups in total. The van der Waals surface area contributed by atoms with Crippen LogP contribution in [0.2, 0.25) is 0 Å². The fourth-order valence-electron chi connectivity index (χ4n) is 3.03. The van der Waals surface area contributed by atoms with E-state index in [2.05, 4.69) is 9.97 Å². The van der Waals surface area contributed by atoms with Crippen molar-refractivity contribution in [2.45, 2.75) is 18.6 Å². The SMILES string of the molecule is CN(c1nccc(C(F)(F)F)n1)C1CCN(c2c(F)cccc2C#N)C1. The summed E-state index contributed by atoms with van der Waals surface area (Å²) in [6.07, 6.45) is -2.90. The molecule has 5 nitrogen and oxygen atoms in total. The minimum atomic E-state index is -4.55. The van der Waals surface area contributed by atoms with Gasteiger partial charge < -0.3 is 9.80 Å². The van der Waals surface area contributed by atoms with Gasteiger partial charge in [-0.2, -0.15) is 18.4 Å². The van der Waals surface area contributed by atoms with E-state index in [0.717, 1.165) is 12.3 Å². The predicted octanol–water partition coefficient (Wildman–Crippen LogP) is 3.22. The second kappa shape index (κ2) is 6.78. The molecule has 3 rings (SSSR count). The first-order chi connectivity index (χ1) is 12.3. The van der Waals surface area contributed by atoms with Crippen LogP contribution in [0.1, 0.15) is 17.7 Å². The molecule has 2 aromatic rings. The Kier molecular flexibility index (Phi) is 4.68. The van der Waals surface area contributed by atoms with Gasteiger partial charge in [0.1, 0.15) is 17.6 Å². The summed E-state index contributed by atoms with van der Waals surface area (Å²) in [4.78, 5) is 10.8. The maximum absolute atomic E-state index is 14.2. The van der Waals surface area contributed by atoms with Crippen molar-refractivity contribution in [3.63, 3.8) is 0 Å². The van der Waals surface area contributed by atoms with Crippen LogP contribution in [0.5, 0.6) is 0 Å². The van der Waals surface area contributed by atoms with Gasteiger partial charge in [0.15, 0.2) is 0 Å². The molecule has 2 heterocycles. The van der Waals surface area contributed by atoms with Crippen molar-refractivity contribution in [1.29, 1.82) is 5.26 Å². The molecule has 1 aliphatic rings. The van der Waals surface area contributed by atoms with Gasteiger partial charge in [0.05, 0.1) is 17.3 Å². The third-order valence-corrected chi connectivity index (χ3v) is 4.38. The van der Waals surface area contributed by atoms with Crippen LogP contribution in [0.25, 0.3) is 0 Å². The number of hydrogen-bond donors (Lipinski definition) is 0. The smallest absolute Gasteiger partial charge is 0.366 e. The average Bonchev–Trinajstić information content (AvgIpc) is 3.09. The van der Waals surface area contributed by atoms with Gasteiger partial charge >= 0.3 is 6.18 Å². The number of benzene rings is 1. The van der Waals surface area contributed by atoms with Crippen LogP contribution >= 0.6 is 0 Å². The number of alkyl halides is 3. The number of para-hydroxylation sites is 1. The van der Waals surface area contributed by atoms with Gasteiger partial charge in [-0.3, -0.25) is 0 Å². The molecule has 0 amide bonds. The van der Waals surface area contributed by atoms with E-state index in [1.165, 1.54) is 18.2 Å². The van der Waals surface area contributed by atoms with Gasteiger partial charge in [-0.15, -0.1) is 0 Å². The monoisotopic (exact) mass is 365 g/mol. The van der Waals surface area contributed by atoms with Gasteiger partial charge in [-0.1, -0.05) is 6.07 Å². The summed E-state index contributed by atoms with van der Waals surface area (Å²) in [5.41, 5.74) is -0.565. The molecule has 136 valence electrons. The van der Waals surface area contributed by atoms with E-state index in [1.807, 2.05) is 6.07 Å². The van der Waals surface area contributed by atoms with Gasteiger partial charge in [-0.25, -0.2) is 14.4 Å². The number of likely N-dealkylation sites (N-methyl/N-ethyl adjacent to an activating group) is 1. The summed E-state index contributed by atoms with van der Waals surface area (Å²) >= 11 is 0. The lowest BCUT2D eigenvalue weighted by Gasteiger charge is -2.26. The maximum atomic E-state index is 14.2. The van der Waals surface area contributed by atoms with E-state index >= 15 is 0 Å². The minimum Gasteiger partial charge on any atom is -0.366 e. The third kappa shape index (κ3) is 3.40. The zero-order valence-corrected chi connectivity index (χ0v) is 13.8. The van der Waals surface area contributed by atoms with Crippen molar-refractivity contribution >= 4 is 11.6 Å². The molecular weight excluding hydrogens is 350 g/mol. The molecule has 1 aromatic carbocycles. The Hall–Kier alpha value is -2.89. The van der Waals surface area contributed by atoms with Gasteiger partial charge in [0, 0.05) is 26.3 Å². The minimum absolute atomic E-state index is 0.0410. The lowest BCUT2D eigenvalue weighted by atomic mass is 10.1. The highest BCUT2D eigenvalue weighted by molar-refractivity contribution is 5.61. The molecule has 1 unspecified atom stereocenters.